The first-order valence-electron chi connectivity index (χ1n) is 6.84. The quantitative estimate of drug-likeness (QED) is 0.890. The zero-order valence-electron chi connectivity index (χ0n) is 11.6. The summed E-state index contributed by atoms with van der Waals surface area (Å²) in [5, 5.41) is 0. The van der Waals surface area contributed by atoms with Gasteiger partial charge in [-0.3, -0.25) is 0 Å². The van der Waals surface area contributed by atoms with Crippen molar-refractivity contribution in [1.29, 1.82) is 0 Å². The van der Waals surface area contributed by atoms with Gasteiger partial charge in [-0.15, -0.1) is 0 Å². The summed E-state index contributed by atoms with van der Waals surface area (Å²) in [6, 6.07) is 9.02. The lowest BCUT2D eigenvalue weighted by Gasteiger charge is -2.31. The molecule has 1 aliphatic rings. The van der Waals surface area contributed by atoms with Crippen molar-refractivity contribution in [2.24, 2.45) is 5.73 Å². The molecule has 3 atom stereocenters. The minimum atomic E-state index is 0.112. The van der Waals surface area contributed by atoms with Gasteiger partial charge in [-0.2, -0.15) is 0 Å². The molecule has 2 N–H and O–H groups in total. The van der Waals surface area contributed by atoms with Crippen molar-refractivity contribution >= 4 is 5.69 Å². The molecule has 1 aromatic rings. The highest BCUT2D eigenvalue weighted by atomic mass is 16.5. The summed E-state index contributed by atoms with van der Waals surface area (Å²) in [7, 11) is 2.15. The molecule has 3 nitrogen and oxygen atoms in total. The summed E-state index contributed by atoms with van der Waals surface area (Å²) in [4.78, 5) is 2.34. The highest BCUT2D eigenvalue weighted by Crippen LogP contribution is 2.30. The van der Waals surface area contributed by atoms with Crippen molar-refractivity contribution in [2.45, 2.75) is 44.9 Å². The molecular weight excluding hydrogens is 224 g/mol. The summed E-state index contributed by atoms with van der Waals surface area (Å²) >= 11 is 0. The van der Waals surface area contributed by atoms with E-state index in [-0.39, 0.29) is 6.04 Å². The summed E-state index contributed by atoms with van der Waals surface area (Å²) < 4.78 is 5.66. The van der Waals surface area contributed by atoms with E-state index in [4.69, 9.17) is 10.5 Å². The van der Waals surface area contributed by atoms with Crippen LogP contribution in [0.1, 0.15) is 38.3 Å². The number of hydrogen-bond donors (Lipinski definition) is 1. The Kier molecular flexibility index (Phi) is 4.25. The highest BCUT2D eigenvalue weighted by Gasteiger charge is 2.29. The fraction of sp³-hybridized carbons (Fsp3) is 0.600. The lowest BCUT2D eigenvalue weighted by molar-refractivity contribution is 0.118. The second-order valence-electron chi connectivity index (χ2n) is 5.12. The van der Waals surface area contributed by atoms with Gasteiger partial charge in [-0.1, -0.05) is 25.1 Å². The molecule has 100 valence electrons. The molecule has 1 heterocycles. The molecule has 1 aromatic carbocycles. The Bertz CT molecular complexity index is 394. The van der Waals surface area contributed by atoms with Crippen molar-refractivity contribution in [3.05, 3.63) is 29.8 Å². The number of hydrogen-bond acceptors (Lipinski definition) is 3. The standard InChI is InChI=1S/C15H24N2O/c1-4-13(16)12-7-5-6-8-15(12)17(3)14-9-10-18-11(14)2/h5-8,11,13-14H,4,9-10,16H2,1-3H3/t11?,13-,14?/m0/s1. The Hall–Kier alpha value is -1.06. The smallest absolute Gasteiger partial charge is 0.0750 e. The second-order valence-corrected chi connectivity index (χ2v) is 5.12. The van der Waals surface area contributed by atoms with E-state index in [0.717, 1.165) is 19.4 Å². The number of nitrogens with two attached hydrogens (primary N) is 1. The Labute approximate surface area is 110 Å². The van der Waals surface area contributed by atoms with Crippen LogP contribution < -0.4 is 10.6 Å². The third kappa shape index (κ3) is 2.52. The summed E-state index contributed by atoms with van der Waals surface area (Å²) in [6.07, 6.45) is 2.34. The summed E-state index contributed by atoms with van der Waals surface area (Å²) in [5.41, 5.74) is 8.69. The van der Waals surface area contributed by atoms with Gasteiger partial charge in [0.15, 0.2) is 0 Å². The number of ether oxygens (including phenoxy) is 1. The first-order chi connectivity index (χ1) is 8.65. The zero-order chi connectivity index (χ0) is 13.1. The molecular formula is C15H24N2O. The molecule has 3 heteroatoms. The molecule has 2 rings (SSSR count). The average Bonchev–Trinajstić information content (AvgIpc) is 2.83. The van der Waals surface area contributed by atoms with E-state index in [1.807, 2.05) is 0 Å². The van der Waals surface area contributed by atoms with Gasteiger partial charge in [0, 0.05) is 25.4 Å². The highest BCUT2D eigenvalue weighted by molar-refractivity contribution is 5.55. The van der Waals surface area contributed by atoms with Crippen LogP contribution in [0.2, 0.25) is 0 Å². The number of nitrogens with zero attached hydrogens (tertiary/aromatic N) is 1. The van der Waals surface area contributed by atoms with Crippen LogP contribution in [-0.4, -0.2) is 25.8 Å². The first-order valence-corrected chi connectivity index (χ1v) is 6.84. The molecule has 0 bridgehead atoms. The Morgan fingerprint density at radius 3 is 2.78 bits per heavy atom. The summed E-state index contributed by atoms with van der Waals surface area (Å²) in [5.74, 6) is 0. The van der Waals surface area contributed by atoms with Crippen LogP contribution in [0.25, 0.3) is 0 Å². The topological polar surface area (TPSA) is 38.5 Å². The molecule has 1 fully saturated rings. The van der Waals surface area contributed by atoms with Gasteiger partial charge in [-0.05, 0) is 31.4 Å². The van der Waals surface area contributed by atoms with Crippen LogP contribution in [0.5, 0.6) is 0 Å². The van der Waals surface area contributed by atoms with Gasteiger partial charge in [-0.25, -0.2) is 0 Å². The van der Waals surface area contributed by atoms with E-state index in [2.05, 4.69) is 50.1 Å². The van der Waals surface area contributed by atoms with E-state index in [0.29, 0.717) is 12.1 Å². The SMILES string of the molecule is CC[C@H](N)c1ccccc1N(C)C1CCOC1C. The number of likely N-dealkylation sites (N-methyl/N-ethyl adjacent to an activating group) is 1. The van der Waals surface area contributed by atoms with Crippen LogP contribution in [0.3, 0.4) is 0 Å². The predicted octanol–water partition coefficient (Wildman–Crippen LogP) is 2.71. The van der Waals surface area contributed by atoms with E-state index in [1.165, 1.54) is 11.3 Å². The van der Waals surface area contributed by atoms with Crippen LogP contribution in [0.4, 0.5) is 5.69 Å². The van der Waals surface area contributed by atoms with Crippen molar-refractivity contribution < 1.29 is 4.74 Å². The van der Waals surface area contributed by atoms with Crippen LogP contribution in [-0.2, 0) is 4.74 Å². The number of benzene rings is 1. The Morgan fingerprint density at radius 1 is 1.44 bits per heavy atom. The van der Waals surface area contributed by atoms with Gasteiger partial charge in [0.2, 0.25) is 0 Å². The van der Waals surface area contributed by atoms with Gasteiger partial charge >= 0.3 is 0 Å². The molecule has 18 heavy (non-hydrogen) atoms. The largest absolute Gasteiger partial charge is 0.376 e. The lowest BCUT2D eigenvalue weighted by Crippen LogP contribution is -2.37. The van der Waals surface area contributed by atoms with E-state index >= 15 is 0 Å². The first kappa shape index (κ1) is 13.4. The van der Waals surface area contributed by atoms with E-state index < -0.39 is 0 Å². The molecule has 1 saturated heterocycles. The molecule has 1 aliphatic heterocycles. The number of para-hydroxylation sites is 1. The maximum absolute atomic E-state index is 6.21. The van der Waals surface area contributed by atoms with Crippen LogP contribution >= 0.6 is 0 Å². The molecule has 0 amide bonds. The van der Waals surface area contributed by atoms with Crippen molar-refractivity contribution in [2.75, 3.05) is 18.6 Å². The van der Waals surface area contributed by atoms with Gasteiger partial charge in [0.25, 0.3) is 0 Å². The van der Waals surface area contributed by atoms with Gasteiger partial charge < -0.3 is 15.4 Å². The second kappa shape index (κ2) is 5.72. The molecule has 0 radical (unpaired) electrons. The van der Waals surface area contributed by atoms with Gasteiger partial charge in [0.05, 0.1) is 12.1 Å². The fourth-order valence-corrected chi connectivity index (χ4v) is 2.75. The maximum Gasteiger partial charge on any atom is 0.0750 e. The monoisotopic (exact) mass is 248 g/mol. The minimum Gasteiger partial charge on any atom is -0.376 e. The lowest BCUT2D eigenvalue weighted by atomic mass is 10.0. The minimum absolute atomic E-state index is 0.112. The Morgan fingerprint density at radius 2 is 2.17 bits per heavy atom. The molecule has 2 unspecified atom stereocenters. The Balaban J connectivity index is 2.26. The molecule has 0 aromatic heterocycles. The summed E-state index contributed by atoms with van der Waals surface area (Å²) in [6.45, 7) is 5.14. The van der Waals surface area contributed by atoms with E-state index in [9.17, 15) is 0 Å². The maximum atomic E-state index is 6.21. The molecule has 0 spiro atoms. The third-order valence-electron chi connectivity index (χ3n) is 3.99. The number of rotatable bonds is 4. The zero-order valence-corrected chi connectivity index (χ0v) is 11.6. The van der Waals surface area contributed by atoms with E-state index in [1.54, 1.807) is 0 Å². The normalized spacial score (nSPS) is 25.1. The van der Waals surface area contributed by atoms with Crippen molar-refractivity contribution in [1.82, 2.24) is 0 Å². The predicted molar refractivity (Wildman–Crippen MR) is 75.9 cm³/mol. The van der Waals surface area contributed by atoms with Crippen molar-refractivity contribution in [3.63, 3.8) is 0 Å². The van der Waals surface area contributed by atoms with Crippen LogP contribution in [0.15, 0.2) is 24.3 Å². The van der Waals surface area contributed by atoms with Gasteiger partial charge in [0.1, 0.15) is 0 Å². The average molecular weight is 248 g/mol. The molecule has 0 aliphatic carbocycles. The van der Waals surface area contributed by atoms with Crippen molar-refractivity contribution in [3.8, 4) is 0 Å². The molecule has 0 saturated carbocycles. The third-order valence-corrected chi connectivity index (χ3v) is 3.99. The van der Waals surface area contributed by atoms with Crippen LogP contribution in [0, 0.1) is 0 Å². The fourth-order valence-electron chi connectivity index (χ4n) is 2.75. The number of anilines is 1.